The standard InChI is InChI=1S/C18H22N2O2.2C16H18N2O2.C15H17FN2O2.C15H18N2O2.C14H15FN2O2.C14H16N2O2/c1-10(2)7-11-5-6-12-13(8-11)20(9-18(12,3)4)15-14(19)16(21)17(15)22;1-9(2)5-10-3-4-11-7-18(8-12(11)6-10)14-13(17)15(19)16(14)20;1-9(2)7-10-3-4-11-5-6-18(12(11)8-10)14-13(17)15(19)16(14)20;1-8(2)5-9-3-4-11(16)10(6-9)7-18-13-12(17)14(19)15(13)20;1-9(2)6-10-4-3-5-11(7-10)8-17-13-12(16)14(18)15(13)19;1-7(2)3-8-4-9(15)6-10(5-8)17-12-11(16)13(18)14(12)19;1-8(2)6-9-4-3-5-10(7-9)16-12-11(15)13(17)14(12)18/h5-6,8,10H,7,9,19H2,1-4H3;3-4,6,9H,5,7-8,17H2,1-2H3;3-4,8-9H,5-7,17H2,1-2H3;3-4,6,8,18H,5,7,17H2,1-2H3;3-5,7,9,17H,6,8,16H2,1-2H3;4-7,17H,3,16H2,1-2H3;3-5,7-8,16H,6,15H2,1-2H3. The lowest BCUT2D eigenvalue weighted by molar-refractivity contribution is 0.568. The van der Waals surface area contributed by atoms with Crippen LogP contribution in [0.1, 0.15) is 183 Å². The van der Waals surface area contributed by atoms with Crippen LogP contribution in [-0.2, 0) is 83.0 Å². The molecule has 0 fully saturated rings. The number of rotatable bonds is 27. The largest absolute Gasteiger partial charge is 0.394 e. The van der Waals surface area contributed by atoms with Gasteiger partial charge < -0.3 is 76.1 Å². The molecule has 0 unspecified atom stereocenters. The molecule has 14 aromatic carbocycles. The van der Waals surface area contributed by atoms with Gasteiger partial charge in [-0.2, -0.15) is 0 Å². The Labute approximate surface area is 797 Å². The number of nitrogens with zero attached hydrogens (tertiary/aromatic N) is 3. The Kier molecular flexibility index (Phi) is 32.6. The van der Waals surface area contributed by atoms with E-state index < -0.39 is 81.8 Å². The maximum absolute atomic E-state index is 13.7. The van der Waals surface area contributed by atoms with Crippen LogP contribution in [-0.4, -0.2) is 13.1 Å². The molecule has 0 amide bonds. The number of fused-ring (bicyclic) bond motifs is 3. The highest BCUT2D eigenvalue weighted by Gasteiger charge is 2.40. The van der Waals surface area contributed by atoms with Gasteiger partial charge in [-0.1, -0.05) is 202 Å². The maximum Gasteiger partial charge on any atom is 0.253 e. The molecule has 3 aliphatic rings. The number of benzene rings is 7. The Hall–Kier alpha value is -14.8. The van der Waals surface area contributed by atoms with Gasteiger partial charge in [-0.25, -0.2) is 8.78 Å². The van der Waals surface area contributed by atoms with Crippen molar-refractivity contribution in [3.63, 3.8) is 0 Å². The molecular formula is C108H124F2N14O14. The van der Waals surface area contributed by atoms with E-state index in [2.05, 4.69) is 185 Å². The SMILES string of the molecule is CC(C)Cc1cc(F)cc(Nc2c(N)c(=O)c2=O)c1.CC(C)Cc1ccc(F)c(CNc2c(N)c(=O)c2=O)c1.CC(C)Cc1ccc2c(c1)CN(c1c(N)c(=O)c1=O)C2.CC(C)Cc1ccc2c(c1)N(c1c(N)c(=O)c1=O)CC2.CC(C)Cc1ccc2c(c1)N(c1c(N)c(=O)c1=O)CC2(C)C.CC(C)Cc1cccc(CNc2c(N)c(=O)c2=O)c1.CC(C)Cc1cccc(Nc2c(N)c(=O)c2=O)c1. The highest BCUT2D eigenvalue weighted by molar-refractivity contribution is 5.85. The van der Waals surface area contributed by atoms with E-state index in [4.69, 9.17) is 40.1 Å². The summed E-state index contributed by atoms with van der Waals surface area (Å²) in [6, 6.07) is 44.7. The Morgan fingerprint density at radius 2 is 0.688 bits per heavy atom. The van der Waals surface area contributed by atoms with Crippen LogP contribution >= 0.6 is 0 Å². The van der Waals surface area contributed by atoms with E-state index in [0.717, 1.165) is 91.7 Å². The number of nitrogen functional groups attached to an aromatic ring is 7. The van der Waals surface area contributed by atoms with Gasteiger partial charge in [0.05, 0.1) is 0 Å². The monoisotopic (exact) mass is 1880 g/mol. The summed E-state index contributed by atoms with van der Waals surface area (Å²) in [6.07, 6.45) is 7.51. The van der Waals surface area contributed by atoms with Crippen molar-refractivity contribution in [3.05, 3.63) is 367 Å². The van der Waals surface area contributed by atoms with E-state index in [1.165, 1.54) is 68.3 Å². The molecule has 14 aromatic rings. The fourth-order valence-electron chi connectivity index (χ4n) is 17.4. The first kappa shape index (κ1) is 104. The third kappa shape index (κ3) is 23.8. The van der Waals surface area contributed by atoms with E-state index >= 15 is 0 Å². The topological polar surface area (TPSA) is 479 Å². The van der Waals surface area contributed by atoms with Gasteiger partial charge in [0.15, 0.2) is 0 Å². The second kappa shape index (κ2) is 43.4. The Balaban J connectivity index is 0.000000154. The fourth-order valence-corrected chi connectivity index (χ4v) is 17.4. The molecule has 30 heteroatoms. The second-order valence-electron chi connectivity index (χ2n) is 39.6. The Morgan fingerprint density at radius 1 is 0.319 bits per heavy atom. The summed E-state index contributed by atoms with van der Waals surface area (Å²) >= 11 is 0. The van der Waals surface area contributed by atoms with Gasteiger partial charge in [-0.3, -0.25) is 67.1 Å². The van der Waals surface area contributed by atoms with E-state index in [-0.39, 0.29) is 80.3 Å². The van der Waals surface area contributed by atoms with Crippen LogP contribution in [0.2, 0.25) is 0 Å². The van der Waals surface area contributed by atoms with Crippen molar-refractivity contribution >= 4 is 102 Å². The van der Waals surface area contributed by atoms with Crippen molar-refractivity contribution in [1.29, 1.82) is 0 Å². The zero-order valence-corrected chi connectivity index (χ0v) is 81.1. The first-order chi connectivity index (χ1) is 64.9. The quantitative estimate of drug-likeness (QED) is 0.0213. The molecule has 17 rings (SSSR count). The lowest BCUT2D eigenvalue weighted by atomic mass is 9.86. The zero-order valence-electron chi connectivity index (χ0n) is 81.1. The summed E-state index contributed by atoms with van der Waals surface area (Å²) in [7, 11) is 0. The minimum Gasteiger partial charge on any atom is -0.394 e. The highest BCUT2D eigenvalue weighted by atomic mass is 19.1. The van der Waals surface area contributed by atoms with Crippen LogP contribution in [0.25, 0.3) is 0 Å². The smallest absolute Gasteiger partial charge is 0.253 e. The normalized spacial score (nSPS) is 12.9. The average Bonchev–Trinajstić information content (AvgIpc) is 1.57. The molecule has 0 spiro atoms. The highest BCUT2D eigenvalue weighted by Crippen LogP contribution is 2.46. The number of halogens is 2. The third-order valence-corrected chi connectivity index (χ3v) is 24.0. The summed E-state index contributed by atoms with van der Waals surface area (Å²) in [5.41, 5.74) is 50.6. The zero-order chi connectivity index (χ0) is 101. The maximum atomic E-state index is 13.7. The van der Waals surface area contributed by atoms with Gasteiger partial charge >= 0.3 is 0 Å². The molecule has 724 valence electrons. The van der Waals surface area contributed by atoms with Gasteiger partial charge in [0, 0.05) is 73.0 Å². The molecule has 28 nitrogen and oxygen atoms in total. The summed E-state index contributed by atoms with van der Waals surface area (Å²) < 4.78 is 27.2. The molecule has 0 bridgehead atoms. The van der Waals surface area contributed by atoms with Gasteiger partial charge in [0.1, 0.15) is 91.3 Å². The summed E-state index contributed by atoms with van der Waals surface area (Å²) in [6.45, 7) is 37.7. The number of nitrogens with two attached hydrogens (primary N) is 7. The molecule has 0 radical (unpaired) electrons. The van der Waals surface area contributed by atoms with Crippen LogP contribution in [0.3, 0.4) is 0 Å². The molecule has 0 aromatic heterocycles. The van der Waals surface area contributed by atoms with Crippen LogP contribution < -0.4 is 152 Å². The van der Waals surface area contributed by atoms with Gasteiger partial charge in [-0.05, 0) is 208 Å². The minimum absolute atomic E-state index is 0.0225. The van der Waals surface area contributed by atoms with Gasteiger partial charge in [0.2, 0.25) is 0 Å². The molecule has 0 saturated heterocycles. The van der Waals surface area contributed by atoms with E-state index in [1.54, 1.807) is 18.2 Å². The molecular weight excluding hydrogens is 1760 g/mol. The summed E-state index contributed by atoms with van der Waals surface area (Å²) in [5.74, 6) is 3.08. The molecule has 0 saturated carbocycles. The van der Waals surface area contributed by atoms with Gasteiger partial charge in [-0.15, -0.1) is 0 Å². The second-order valence-corrected chi connectivity index (χ2v) is 39.6. The molecule has 18 N–H and O–H groups in total. The lowest BCUT2D eigenvalue weighted by Crippen LogP contribution is -2.41. The van der Waals surface area contributed by atoms with Crippen LogP contribution in [0, 0.1) is 53.1 Å². The molecule has 0 atom stereocenters. The van der Waals surface area contributed by atoms with Crippen molar-refractivity contribution in [2.45, 2.75) is 194 Å². The lowest BCUT2D eigenvalue weighted by Gasteiger charge is -2.24. The van der Waals surface area contributed by atoms with Crippen LogP contribution in [0.5, 0.6) is 0 Å². The van der Waals surface area contributed by atoms with Crippen LogP contribution in [0.4, 0.5) is 111 Å². The number of anilines is 18. The van der Waals surface area contributed by atoms with E-state index in [0.29, 0.717) is 95.9 Å². The molecule has 3 heterocycles. The predicted octanol–water partition coefficient (Wildman–Crippen LogP) is 13.1. The fraction of sp³-hybridized carbons (Fsp3) is 0.352. The summed E-state index contributed by atoms with van der Waals surface area (Å²) in [4.78, 5) is 164. The predicted molar refractivity (Wildman–Crippen MR) is 557 cm³/mol. The summed E-state index contributed by atoms with van der Waals surface area (Å²) in [5, 5.41) is 11.3. The van der Waals surface area contributed by atoms with Gasteiger partial charge in [0.25, 0.3) is 76.0 Å². The first-order valence-electron chi connectivity index (χ1n) is 46.5. The van der Waals surface area contributed by atoms with Crippen molar-refractivity contribution in [3.8, 4) is 0 Å². The minimum atomic E-state index is -0.693. The first-order valence-corrected chi connectivity index (χ1v) is 46.5. The number of nitrogens with one attached hydrogen (secondary N) is 4. The molecule has 3 aliphatic heterocycles. The average molecular weight is 1880 g/mol. The van der Waals surface area contributed by atoms with Crippen LogP contribution in [0.15, 0.2) is 207 Å². The van der Waals surface area contributed by atoms with E-state index in [1.807, 2.05) is 64.9 Å². The Bertz CT molecular complexity index is 7390. The molecule has 138 heavy (non-hydrogen) atoms. The number of hydrogen-bond donors (Lipinski definition) is 11. The Morgan fingerprint density at radius 3 is 1.17 bits per heavy atom. The molecule has 0 aliphatic carbocycles. The van der Waals surface area contributed by atoms with E-state index in [9.17, 15) is 75.9 Å². The van der Waals surface area contributed by atoms with Crippen molar-refractivity contribution < 1.29 is 8.78 Å². The third-order valence-electron chi connectivity index (χ3n) is 24.0. The van der Waals surface area contributed by atoms with Crippen molar-refractivity contribution in [2.75, 3.05) is 89.2 Å². The van der Waals surface area contributed by atoms with Crippen molar-refractivity contribution in [1.82, 2.24) is 0 Å². The number of hydrogen-bond acceptors (Lipinski definition) is 28. The van der Waals surface area contributed by atoms with Crippen molar-refractivity contribution in [2.24, 2.45) is 41.4 Å².